The summed E-state index contributed by atoms with van der Waals surface area (Å²) in [5.74, 6) is 0.613. The van der Waals surface area contributed by atoms with Gasteiger partial charge in [0.25, 0.3) is 0 Å². The molecule has 0 saturated heterocycles. The molecule has 0 heterocycles. The molecule has 2 aromatic rings. The minimum absolute atomic E-state index is 0.112. The highest BCUT2D eigenvalue weighted by molar-refractivity contribution is 9.10. The molecule has 96 valence electrons. The molecule has 0 spiro atoms. The Kier molecular flexibility index (Phi) is 3.38. The molecular formula is C16H14BrNO. The number of carbonyl (C=O) groups is 1. The Bertz CT molecular complexity index is 597. The Hall–Kier alpha value is -1.61. The maximum atomic E-state index is 12.1. The summed E-state index contributed by atoms with van der Waals surface area (Å²) in [5, 5.41) is 2.98. The fourth-order valence-corrected chi connectivity index (χ4v) is 2.75. The van der Waals surface area contributed by atoms with Gasteiger partial charge in [-0.15, -0.1) is 0 Å². The second-order valence-corrected chi connectivity index (χ2v) is 5.77. The third-order valence-corrected chi connectivity index (χ3v) is 3.94. The summed E-state index contributed by atoms with van der Waals surface area (Å²) < 4.78 is 0.973. The number of amides is 1. The van der Waals surface area contributed by atoms with Gasteiger partial charge in [0.2, 0.25) is 5.91 Å². The maximum Gasteiger partial charge on any atom is 0.228 e. The fraction of sp³-hybridized carbons (Fsp3) is 0.188. The minimum atomic E-state index is 0.112. The lowest BCUT2D eigenvalue weighted by molar-refractivity contribution is -0.117. The van der Waals surface area contributed by atoms with E-state index < -0.39 is 0 Å². The molecule has 1 saturated carbocycles. The van der Waals surface area contributed by atoms with Gasteiger partial charge in [-0.1, -0.05) is 52.3 Å². The highest BCUT2D eigenvalue weighted by Crippen LogP contribution is 2.47. The van der Waals surface area contributed by atoms with Crippen LogP contribution >= 0.6 is 15.9 Å². The Morgan fingerprint density at radius 2 is 1.89 bits per heavy atom. The predicted octanol–water partition coefficient (Wildman–Crippen LogP) is 4.19. The smallest absolute Gasteiger partial charge is 0.228 e. The van der Waals surface area contributed by atoms with E-state index in [1.165, 1.54) is 5.56 Å². The van der Waals surface area contributed by atoms with Gasteiger partial charge >= 0.3 is 0 Å². The van der Waals surface area contributed by atoms with Crippen molar-refractivity contribution in [1.82, 2.24) is 0 Å². The van der Waals surface area contributed by atoms with Crippen molar-refractivity contribution in [2.45, 2.75) is 12.3 Å². The van der Waals surface area contributed by atoms with Crippen molar-refractivity contribution in [1.29, 1.82) is 0 Å². The molecule has 2 nitrogen and oxygen atoms in total. The van der Waals surface area contributed by atoms with Crippen LogP contribution in [0.2, 0.25) is 0 Å². The van der Waals surface area contributed by atoms with E-state index in [1.807, 2.05) is 42.5 Å². The quantitative estimate of drug-likeness (QED) is 0.904. The molecule has 0 radical (unpaired) electrons. The molecule has 1 amide bonds. The van der Waals surface area contributed by atoms with E-state index >= 15 is 0 Å². The number of carbonyl (C=O) groups excluding carboxylic acids is 1. The first-order valence-electron chi connectivity index (χ1n) is 6.35. The lowest BCUT2D eigenvalue weighted by Gasteiger charge is -2.05. The summed E-state index contributed by atoms with van der Waals surface area (Å²) in [6.07, 6.45) is 0.948. The van der Waals surface area contributed by atoms with Gasteiger partial charge in [0.1, 0.15) is 0 Å². The molecule has 2 aromatic carbocycles. The molecule has 0 aliphatic heterocycles. The van der Waals surface area contributed by atoms with E-state index in [4.69, 9.17) is 0 Å². The normalized spacial score (nSPS) is 20.9. The second kappa shape index (κ2) is 5.17. The molecule has 1 fully saturated rings. The monoisotopic (exact) mass is 315 g/mol. The van der Waals surface area contributed by atoms with Crippen molar-refractivity contribution in [2.75, 3.05) is 5.32 Å². The van der Waals surface area contributed by atoms with Crippen LogP contribution in [0.15, 0.2) is 59.1 Å². The summed E-state index contributed by atoms with van der Waals surface area (Å²) in [4.78, 5) is 12.1. The van der Waals surface area contributed by atoms with Gasteiger partial charge in [-0.25, -0.2) is 0 Å². The highest BCUT2D eigenvalue weighted by atomic mass is 79.9. The van der Waals surface area contributed by atoms with Crippen molar-refractivity contribution < 1.29 is 4.79 Å². The van der Waals surface area contributed by atoms with E-state index in [1.54, 1.807) is 0 Å². The Balaban J connectivity index is 1.64. The number of rotatable bonds is 3. The van der Waals surface area contributed by atoms with Gasteiger partial charge in [-0.05, 0) is 36.1 Å². The number of hydrogen-bond donors (Lipinski definition) is 1. The average Bonchev–Trinajstić information content (AvgIpc) is 3.20. The average molecular weight is 316 g/mol. The van der Waals surface area contributed by atoms with E-state index in [0.29, 0.717) is 5.92 Å². The van der Waals surface area contributed by atoms with E-state index in [2.05, 4.69) is 33.4 Å². The van der Waals surface area contributed by atoms with Crippen LogP contribution in [0.3, 0.4) is 0 Å². The van der Waals surface area contributed by atoms with E-state index in [-0.39, 0.29) is 11.8 Å². The highest BCUT2D eigenvalue weighted by Gasteiger charge is 2.43. The maximum absolute atomic E-state index is 12.1. The number of anilines is 1. The van der Waals surface area contributed by atoms with E-state index in [9.17, 15) is 4.79 Å². The zero-order chi connectivity index (χ0) is 13.2. The van der Waals surface area contributed by atoms with Crippen molar-refractivity contribution in [2.24, 2.45) is 5.92 Å². The van der Waals surface area contributed by atoms with Crippen LogP contribution in [0.5, 0.6) is 0 Å². The summed E-state index contributed by atoms with van der Waals surface area (Å²) in [6, 6.07) is 17.9. The zero-order valence-corrected chi connectivity index (χ0v) is 11.9. The van der Waals surface area contributed by atoms with Gasteiger partial charge in [0, 0.05) is 16.1 Å². The third kappa shape index (κ3) is 2.87. The summed E-state index contributed by atoms with van der Waals surface area (Å²) in [7, 11) is 0. The molecule has 0 aromatic heterocycles. The van der Waals surface area contributed by atoms with Crippen LogP contribution in [0.4, 0.5) is 5.69 Å². The van der Waals surface area contributed by atoms with Crippen molar-refractivity contribution in [3.8, 4) is 0 Å². The number of hydrogen-bond acceptors (Lipinski definition) is 1. The molecule has 0 bridgehead atoms. The second-order valence-electron chi connectivity index (χ2n) is 4.86. The molecule has 3 rings (SSSR count). The van der Waals surface area contributed by atoms with Crippen LogP contribution < -0.4 is 5.32 Å². The largest absolute Gasteiger partial charge is 0.326 e. The first-order valence-corrected chi connectivity index (χ1v) is 7.15. The van der Waals surface area contributed by atoms with Crippen LogP contribution in [-0.4, -0.2) is 5.91 Å². The SMILES string of the molecule is O=C(Nc1cccc(Br)c1)[C@H]1C[C@H]1c1ccccc1. The Labute approximate surface area is 121 Å². The van der Waals surface area contributed by atoms with E-state index in [0.717, 1.165) is 16.6 Å². The summed E-state index contributed by atoms with van der Waals surface area (Å²) >= 11 is 3.40. The minimum Gasteiger partial charge on any atom is -0.326 e. The molecule has 3 heteroatoms. The molecule has 1 aliphatic carbocycles. The first-order chi connectivity index (χ1) is 9.24. The van der Waals surface area contributed by atoms with Crippen LogP contribution in [0, 0.1) is 5.92 Å². The molecule has 2 atom stereocenters. The lowest BCUT2D eigenvalue weighted by atomic mass is 10.1. The molecule has 1 aliphatic rings. The predicted molar refractivity (Wildman–Crippen MR) is 80.1 cm³/mol. The van der Waals surface area contributed by atoms with Crippen LogP contribution in [-0.2, 0) is 4.79 Å². The topological polar surface area (TPSA) is 29.1 Å². The number of nitrogens with one attached hydrogen (secondary N) is 1. The Morgan fingerprint density at radius 3 is 2.63 bits per heavy atom. The van der Waals surface area contributed by atoms with Gasteiger partial charge in [-0.3, -0.25) is 4.79 Å². The van der Waals surface area contributed by atoms with Crippen molar-refractivity contribution in [3.63, 3.8) is 0 Å². The van der Waals surface area contributed by atoms with Crippen molar-refractivity contribution >= 4 is 27.5 Å². The fourth-order valence-electron chi connectivity index (χ4n) is 2.35. The number of benzene rings is 2. The van der Waals surface area contributed by atoms with Crippen molar-refractivity contribution in [3.05, 3.63) is 64.6 Å². The first kappa shape index (κ1) is 12.4. The summed E-state index contributed by atoms with van der Waals surface area (Å²) in [5.41, 5.74) is 2.11. The third-order valence-electron chi connectivity index (χ3n) is 3.45. The molecule has 19 heavy (non-hydrogen) atoms. The van der Waals surface area contributed by atoms with Gasteiger partial charge < -0.3 is 5.32 Å². The van der Waals surface area contributed by atoms with Gasteiger partial charge in [-0.2, -0.15) is 0 Å². The molecule has 1 N–H and O–H groups in total. The van der Waals surface area contributed by atoms with Crippen LogP contribution in [0.25, 0.3) is 0 Å². The Morgan fingerprint density at radius 1 is 1.11 bits per heavy atom. The summed E-state index contributed by atoms with van der Waals surface area (Å²) in [6.45, 7) is 0. The van der Waals surface area contributed by atoms with Crippen LogP contribution in [0.1, 0.15) is 17.9 Å². The molecule has 0 unspecified atom stereocenters. The lowest BCUT2D eigenvalue weighted by Crippen LogP contribution is -2.14. The molecular weight excluding hydrogens is 302 g/mol. The number of halogens is 1. The zero-order valence-electron chi connectivity index (χ0n) is 10.3. The van der Waals surface area contributed by atoms with Gasteiger partial charge in [0.05, 0.1) is 0 Å². The van der Waals surface area contributed by atoms with Gasteiger partial charge in [0.15, 0.2) is 0 Å². The standard InChI is InChI=1S/C16H14BrNO/c17-12-7-4-8-13(9-12)18-16(19)15-10-14(15)11-5-2-1-3-6-11/h1-9,14-15H,10H2,(H,18,19)/t14-,15-/m0/s1.